The van der Waals surface area contributed by atoms with Crippen LogP contribution in [0.15, 0.2) is 0 Å². The van der Waals surface area contributed by atoms with Crippen LogP contribution in [0.2, 0.25) is 0 Å². The SMILES string of the molecule is C[C@@H]1CN1Cl. The van der Waals surface area contributed by atoms with E-state index in [0.717, 1.165) is 6.54 Å². The molecular formula is C3H6ClN. The molecule has 1 fully saturated rings. The zero-order chi connectivity index (χ0) is 3.86. The van der Waals surface area contributed by atoms with Crippen LogP contribution in [0.3, 0.4) is 0 Å². The third kappa shape index (κ3) is 0.551. The molecule has 5 heavy (non-hydrogen) atoms. The lowest BCUT2D eigenvalue weighted by Gasteiger charge is -1.70. The van der Waals surface area contributed by atoms with Gasteiger partial charge in [0.1, 0.15) is 0 Å². The summed E-state index contributed by atoms with van der Waals surface area (Å²) >= 11 is 5.37. The summed E-state index contributed by atoms with van der Waals surface area (Å²) in [6, 6.07) is 0.650. The van der Waals surface area contributed by atoms with Gasteiger partial charge in [-0.2, -0.15) is 0 Å². The minimum atomic E-state index is 0.650. The highest BCUT2D eigenvalue weighted by molar-refractivity contribution is 6.15. The molecule has 1 rings (SSSR count). The largest absolute Gasteiger partial charge is 0.214 e. The van der Waals surface area contributed by atoms with E-state index in [-0.39, 0.29) is 0 Å². The molecule has 0 aromatic rings. The molecule has 1 aliphatic rings. The fraction of sp³-hybridized carbons (Fsp3) is 1.00. The highest BCUT2D eigenvalue weighted by Crippen LogP contribution is 2.17. The molecule has 0 radical (unpaired) electrons. The van der Waals surface area contributed by atoms with Gasteiger partial charge in [0.15, 0.2) is 0 Å². The Balaban J connectivity index is 2.20. The Bertz CT molecular complexity index is 40.2. The average Bonchev–Trinajstić information content (AvgIpc) is 1.79. The number of rotatable bonds is 0. The van der Waals surface area contributed by atoms with Gasteiger partial charge in [0.2, 0.25) is 0 Å². The first-order valence-corrected chi connectivity index (χ1v) is 2.07. The summed E-state index contributed by atoms with van der Waals surface area (Å²) in [5, 5.41) is 0. The Hall–Kier alpha value is 0.250. The zero-order valence-corrected chi connectivity index (χ0v) is 3.87. The van der Waals surface area contributed by atoms with E-state index in [1.54, 1.807) is 4.42 Å². The maximum absolute atomic E-state index is 5.37. The van der Waals surface area contributed by atoms with Crippen molar-refractivity contribution in [3.05, 3.63) is 0 Å². The summed E-state index contributed by atoms with van der Waals surface area (Å²) in [5.74, 6) is 0. The molecule has 1 aliphatic heterocycles. The van der Waals surface area contributed by atoms with Gasteiger partial charge in [0.25, 0.3) is 0 Å². The van der Waals surface area contributed by atoms with Crippen molar-refractivity contribution >= 4 is 11.8 Å². The average molecular weight is 91.5 g/mol. The first-order chi connectivity index (χ1) is 2.30. The third-order valence-electron chi connectivity index (χ3n) is 0.783. The molecule has 2 atom stereocenters. The summed E-state index contributed by atoms with van der Waals surface area (Å²) in [6.45, 7) is 3.16. The van der Waals surface area contributed by atoms with Gasteiger partial charge in [0.05, 0.1) is 0 Å². The summed E-state index contributed by atoms with van der Waals surface area (Å²) in [4.78, 5) is 0. The van der Waals surface area contributed by atoms with E-state index in [0.29, 0.717) is 6.04 Å². The molecule has 0 aromatic heterocycles. The molecular weight excluding hydrogens is 85.5 g/mol. The van der Waals surface area contributed by atoms with Gasteiger partial charge in [-0.25, -0.2) is 4.42 Å². The van der Waals surface area contributed by atoms with Crippen molar-refractivity contribution in [2.75, 3.05) is 6.54 Å². The van der Waals surface area contributed by atoms with Crippen LogP contribution in [0, 0.1) is 0 Å². The van der Waals surface area contributed by atoms with Gasteiger partial charge in [-0.1, -0.05) is 0 Å². The van der Waals surface area contributed by atoms with Crippen LogP contribution in [-0.4, -0.2) is 17.0 Å². The molecule has 1 saturated heterocycles. The number of nitrogens with zero attached hydrogens (tertiary/aromatic N) is 1. The fourth-order valence-corrected chi connectivity index (χ4v) is 0.405. The Kier molecular flexibility index (Phi) is 0.588. The Morgan fingerprint density at radius 3 is 2.20 bits per heavy atom. The molecule has 1 unspecified atom stereocenters. The maximum Gasteiger partial charge on any atom is 0.0364 e. The van der Waals surface area contributed by atoms with E-state index in [1.807, 2.05) is 0 Å². The molecule has 30 valence electrons. The minimum absolute atomic E-state index is 0.650. The second kappa shape index (κ2) is 0.854. The number of halogens is 1. The standard InChI is InChI=1S/C3H6ClN/c1-3-2-5(3)4/h3H,2H2,1H3/t3-,5?/m1/s1. The molecule has 0 bridgehead atoms. The number of hydrogen-bond acceptors (Lipinski definition) is 1. The maximum atomic E-state index is 5.37. The van der Waals surface area contributed by atoms with Gasteiger partial charge < -0.3 is 0 Å². The van der Waals surface area contributed by atoms with E-state index in [4.69, 9.17) is 11.8 Å². The molecule has 1 nitrogen and oxygen atoms in total. The van der Waals surface area contributed by atoms with E-state index < -0.39 is 0 Å². The Labute approximate surface area is 36.6 Å². The molecule has 0 aliphatic carbocycles. The van der Waals surface area contributed by atoms with Crippen molar-refractivity contribution in [1.82, 2.24) is 4.42 Å². The Morgan fingerprint density at radius 2 is 2.20 bits per heavy atom. The van der Waals surface area contributed by atoms with Crippen LogP contribution in [0.25, 0.3) is 0 Å². The van der Waals surface area contributed by atoms with E-state index in [1.165, 1.54) is 0 Å². The molecule has 0 saturated carbocycles. The van der Waals surface area contributed by atoms with Crippen LogP contribution >= 0.6 is 11.8 Å². The smallest absolute Gasteiger partial charge is 0.0364 e. The fourth-order valence-electron chi connectivity index (χ4n) is 0.205. The highest BCUT2D eigenvalue weighted by Gasteiger charge is 2.25. The van der Waals surface area contributed by atoms with E-state index >= 15 is 0 Å². The lowest BCUT2D eigenvalue weighted by molar-refractivity contribution is 0.828. The van der Waals surface area contributed by atoms with Gasteiger partial charge in [-0.05, 0) is 18.7 Å². The predicted molar refractivity (Wildman–Crippen MR) is 22.0 cm³/mol. The van der Waals surface area contributed by atoms with Gasteiger partial charge in [-0.3, -0.25) is 0 Å². The molecule has 0 aromatic carbocycles. The van der Waals surface area contributed by atoms with Crippen LogP contribution < -0.4 is 0 Å². The van der Waals surface area contributed by atoms with E-state index in [2.05, 4.69) is 6.92 Å². The van der Waals surface area contributed by atoms with Gasteiger partial charge in [-0.15, -0.1) is 0 Å². The Morgan fingerprint density at radius 1 is 2.00 bits per heavy atom. The normalized spacial score (nSPS) is 49.2. The van der Waals surface area contributed by atoms with Crippen molar-refractivity contribution in [3.8, 4) is 0 Å². The monoisotopic (exact) mass is 91.0 g/mol. The van der Waals surface area contributed by atoms with Crippen LogP contribution in [0.4, 0.5) is 0 Å². The van der Waals surface area contributed by atoms with Crippen LogP contribution in [0.1, 0.15) is 6.92 Å². The quantitative estimate of drug-likeness (QED) is 0.315. The van der Waals surface area contributed by atoms with Crippen LogP contribution in [0.5, 0.6) is 0 Å². The summed E-state index contributed by atoms with van der Waals surface area (Å²) in [7, 11) is 0. The van der Waals surface area contributed by atoms with E-state index in [9.17, 15) is 0 Å². The van der Waals surface area contributed by atoms with Crippen molar-refractivity contribution in [1.29, 1.82) is 0 Å². The van der Waals surface area contributed by atoms with Crippen LogP contribution in [-0.2, 0) is 0 Å². The first kappa shape index (κ1) is 3.44. The lowest BCUT2D eigenvalue weighted by atomic mass is 10.6. The minimum Gasteiger partial charge on any atom is -0.214 e. The van der Waals surface area contributed by atoms with Gasteiger partial charge >= 0.3 is 0 Å². The summed E-state index contributed by atoms with van der Waals surface area (Å²) in [5.41, 5.74) is 0. The molecule has 0 amide bonds. The number of hydrogen-bond donors (Lipinski definition) is 0. The topological polar surface area (TPSA) is 3.01 Å². The molecule has 0 spiro atoms. The molecule has 1 heterocycles. The van der Waals surface area contributed by atoms with Crippen molar-refractivity contribution in [2.24, 2.45) is 0 Å². The van der Waals surface area contributed by atoms with Crippen molar-refractivity contribution in [2.45, 2.75) is 13.0 Å². The zero-order valence-electron chi connectivity index (χ0n) is 3.11. The predicted octanol–water partition coefficient (Wildman–Crippen LogP) is 0.844. The van der Waals surface area contributed by atoms with Gasteiger partial charge in [0, 0.05) is 12.6 Å². The first-order valence-electron chi connectivity index (χ1n) is 1.73. The highest BCUT2D eigenvalue weighted by atomic mass is 35.5. The lowest BCUT2D eigenvalue weighted by Crippen LogP contribution is -1.73. The van der Waals surface area contributed by atoms with Crippen molar-refractivity contribution in [3.63, 3.8) is 0 Å². The second-order valence-corrected chi connectivity index (χ2v) is 1.87. The summed E-state index contributed by atoms with van der Waals surface area (Å²) < 4.78 is 1.76. The second-order valence-electron chi connectivity index (χ2n) is 1.43. The van der Waals surface area contributed by atoms with Crippen molar-refractivity contribution < 1.29 is 0 Å². The molecule has 0 N–H and O–H groups in total. The summed E-state index contributed by atoms with van der Waals surface area (Å²) in [6.07, 6.45) is 0. The third-order valence-corrected chi connectivity index (χ3v) is 1.25. The molecule has 2 heteroatoms.